The molecule has 0 saturated heterocycles. The summed E-state index contributed by atoms with van der Waals surface area (Å²) in [5.41, 5.74) is 16.3. The highest BCUT2D eigenvalue weighted by molar-refractivity contribution is 5.99. The van der Waals surface area contributed by atoms with Crippen LogP contribution in [0, 0.1) is 0 Å². The van der Waals surface area contributed by atoms with Gasteiger partial charge in [0.2, 0.25) is 0 Å². The molecule has 20 nitrogen and oxygen atoms in total. The van der Waals surface area contributed by atoms with Crippen molar-refractivity contribution >= 4 is 69.8 Å². The molecule has 0 fully saturated rings. The maximum atomic E-state index is 12.2. The molecule has 0 aliphatic heterocycles. The van der Waals surface area contributed by atoms with Crippen molar-refractivity contribution in [2.45, 2.75) is 0 Å². The summed E-state index contributed by atoms with van der Waals surface area (Å²) >= 11 is 0. The van der Waals surface area contributed by atoms with E-state index in [-0.39, 0.29) is 0 Å². The number of carbonyl (C=O) groups is 8. The summed E-state index contributed by atoms with van der Waals surface area (Å²) in [5.74, 6) is -3.55. The first-order chi connectivity index (χ1) is 46.5. The van der Waals surface area contributed by atoms with Gasteiger partial charge in [-0.2, -0.15) is 0 Å². The summed E-state index contributed by atoms with van der Waals surface area (Å²) in [7, 11) is 10.7. The van der Waals surface area contributed by atoms with Gasteiger partial charge in [-0.05, 0) is 192 Å². The van der Waals surface area contributed by atoms with Crippen molar-refractivity contribution in [1.82, 2.24) is 18.3 Å². The van der Waals surface area contributed by atoms with Crippen LogP contribution in [0.3, 0.4) is 0 Å². The second-order valence-corrected chi connectivity index (χ2v) is 21.4. The molecule has 0 amide bonds. The third-order valence-corrected chi connectivity index (χ3v) is 16.1. The van der Waals surface area contributed by atoms with Gasteiger partial charge in [0.1, 0.15) is 0 Å². The second-order valence-electron chi connectivity index (χ2n) is 21.4. The number of aromatic nitrogens is 4. The third kappa shape index (κ3) is 12.6. The number of esters is 8. The van der Waals surface area contributed by atoms with E-state index >= 15 is 0 Å². The summed E-state index contributed by atoms with van der Waals surface area (Å²) in [6.45, 7) is 0. The fourth-order valence-electron chi connectivity index (χ4n) is 11.3. The number of carbonyl (C=O) groups excluding carboxylic acids is 8. The van der Waals surface area contributed by atoms with Crippen molar-refractivity contribution in [2.24, 2.45) is 0 Å². The first kappa shape index (κ1) is 64.7. The fourth-order valence-corrected chi connectivity index (χ4v) is 11.3. The molecule has 20 heteroatoms. The van der Waals surface area contributed by atoms with E-state index in [0.717, 1.165) is 89.8 Å². The van der Waals surface area contributed by atoms with Crippen molar-refractivity contribution in [3.8, 4) is 67.8 Å². The molecule has 480 valence electrons. The molecular formula is C76H60N4O16. The van der Waals surface area contributed by atoms with Crippen molar-refractivity contribution in [2.75, 3.05) is 56.9 Å². The van der Waals surface area contributed by atoms with Crippen molar-refractivity contribution in [3.63, 3.8) is 0 Å². The van der Waals surface area contributed by atoms with Gasteiger partial charge in [-0.25, -0.2) is 38.4 Å². The third-order valence-electron chi connectivity index (χ3n) is 16.1. The maximum absolute atomic E-state index is 12.2. The Labute approximate surface area is 549 Å². The minimum Gasteiger partial charge on any atom is -0.465 e. The van der Waals surface area contributed by atoms with Crippen LogP contribution in [0.4, 0.5) is 0 Å². The highest BCUT2D eigenvalue weighted by Gasteiger charge is 2.25. The number of fused-ring (bicyclic) bond motifs is 2. The van der Waals surface area contributed by atoms with Crippen LogP contribution in [0.15, 0.2) is 218 Å². The monoisotopic (exact) mass is 1280 g/mol. The predicted molar refractivity (Wildman–Crippen MR) is 358 cm³/mol. The lowest BCUT2D eigenvalue weighted by Gasteiger charge is -2.13. The van der Waals surface area contributed by atoms with Crippen LogP contribution in [0.5, 0.6) is 0 Å². The van der Waals surface area contributed by atoms with Gasteiger partial charge in [0.05, 0.1) is 146 Å². The van der Waals surface area contributed by atoms with Crippen LogP contribution in [-0.4, -0.2) is 123 Å². The summed E-state index contributed by atoms with van der Waals surface area (Å²) in [6, 6.07) is 64.9. The Morgan fingerprint density at radius 1 is 0.198 bits per heavy atom. The van der Waals surface area contributed by atoms with Gasteiger partial charge in [-0.3, -0.25) is 0 Å². The van der Waals surface area contributed by atoms with Crippen LogP contribution in [-0.2, 0) is 37.9 Å². The molecule has 0 unspecified atom stereocenters. The SMILES string of the molecule is COC(=O)c1ccc(-c2cc3c(cc(-c4ccc(C(=O)OC)cc4)n3-c3ccc(C(=O)OC)cc3)n2-c2ccc(C(=O)OC)cc2)cc1.COC(=O)c1ccc(-c2cc3c(cc(-c4ccc(C(=O)OC)cc4)n3-c3ccc(C(=O)OC)cc3)n2-c2ccc(C(=O)OC)cc2)cc1. The molecule has 0 N–H and O–H groups in total. The predicted octanol–water partition coefficient (Wildman–Crippen LogP) is 13.8. The first-order valence-corrected chi connectivity index (χ1v) is 29.6. The van der Waals surface area contributed by atoms with Crippen LogP contribution in [0.2, 0.25) is 0 Å². The number of benzene rings is 8. The average molecular weight is 1290 g/mol. The second kappa shape index (κ2) is 27.9. The van der Waals surface area contributed by atoms with Gasteiger partial charge in [0.15, 0.2) is 0 Å². The minimum absolute atomic E-state index is 0.406. The standard InChI is InChI=1S/2C38H30N2O8/c2*1-45-35(41)25-9-5-23(6-10-25)31-21-33-34(39(31)29-17-13-27(14-18-29)37(43)47-3)22-32(24-7-11-26(12-8-24)36(42)46-2)40(33)30-19-15-28(16-20-30)38(44)48-4/h2*5-22H,1-4H3. The molecule has 0 radical (unpaired) electrons. The summed E-state index contributed by atoms with van der Waals surface area (Å²) in [6.07, 6.45) is 0. The van der Waals surface area contributed by atoms with E-state index in [1.54, 1.807) is 97.1 Å². The van der Waals surface area contributed by atoms with Crippen LogP contribution in [0.1, 0.15) is 82.9 Å². The Hall–Kier alpha value is -12.8. The van der Waals surface area contributed by atoms with E-state index in [1.165, 1.54) is 56.9 Å². The molecule has 4 aromatic heterocycles. The zero-order valence-corrected chi connectivity index (χ0v) is 53.1. The van der Waals surface area contributed by atoms with E-state index in [2.05, 4.69) is 18.3 Å². The molecule has 0 saturated carbocycles. The number of hydrogen-bond acceptors (Lipinski definition) is 16. The smallest absolute Gasteiger partial charge is 0.337 e. The molecule has 0 aliphatic carbocycles. The van der Waals surface area contributed by atoms with Crippen LogP contribution >= 0.6 is 0 Å². The lowest BCUT2D eigenvalue weighted by Crippen LogP contribution is -2.03. The van der Waals surface area contributed by atoms with Gasteiger partial charge in [0.25, 0.3) is 0 Å². The van der Waals surface area contributed by atoms with Crippen molar-refractivity contribution < 1.29 is 76.3 Å². The summed E-state index contributed by atoms with van der Waals surface area (Å²) in [4.78, 5) is 97.6. The normalized spacial score (nSPS) is 10.8. The number of rotatable bonds is 16. The first-order valence-electron chi connectivity index (χ1n) is 29.6. The van der Waals surface area contributed by atoms with Gasteiger partial charge >= 0.3 is 47.8 Å². The highest BCUT2D eigenvalue weighted by Crippen LogP contribution is 2.41. The Balaban J connectivity index is 0.000000195. The summed E-state index contributed by atoms with van der Waals surface area (Å²) < 4.78 is 47.4. The molecule has 4 heterocycles. The van der Waals surface area contributed by atoms with E-state index < -0.39 is 47.8 Å². The molecule has 0 aliphatic rings. The Bertz CT molecular complexity index is 4310. The molecular weight excluding hydrogens is 1220 g/mol. The number of hydrogen-bond donors (Lipinski definition) is 0. The number of methoxy groups -OCH3 is 8. The number of nitrogens with zero attached hydrogens (tertiary/aromatic N) is 4. The molecule has 0 atom stereocenters. The van der Waals surface area contributed by atoms with Crippen LogP contribution in [0.25, 0.3) is 89.8 Å². The van der Waals surface area contributed by atoms with E-state index in [0.29, 0.717) is 44.5 Å². The molecule has 96 heavy (non-hydrogen) atoms. The molecule has 8 aromatic carbocycles. The van der Waals surface area contributed by atoms with Crippen molar-refractivity contribution in [3.05, 3.63) is 263 Å². The quantitative estimate of drug-likeness (QED) is 0.0646. The number of ether oxygens (including phenoxy) is 8. The molecule has 12 rings (SSSR count). The fraction of sp³-hybridized carbons (Fsp3) is 0.105. The lowest BCUT2D eigenvalue weighted by atomic mass is 10.1. The van der Waals surface area contributed by atoms with E-state index in [1.807, 2.05) is 121 Å². The zero-order valence-electron chi connectivity index (χ0n) is 53.1. The van der Waals surface area contributed by atoms with Gasteiger partial charge in [-0.1, -0.05) is 48.5 Å². The van der Waals surface area contributed by atoms with E-state index in [9.17, 15) is 38.4 Å². The van der Waals surface area contributed by atoms with Gasteiger partial charge in [0, 0.05) is 22.7 Å². The largest absolute Gasteiger partial charge is 0.465 e. The topological polar surface area (TPSA) is 230 Å². The average Bonchev–Trinajstić information content (AvgIpc) is 1.58. The van der Waals surface area contributed by atoms with Crippen molar-refractivity contribution in [1.29, 1.82) is 0 Å². The Morgan fingerprint density at radius 3 is 0.448 bits per heavy atom. The molecule has 0 bridgehead atoms. The summed E-state index contributed by atoms with van der Waals surface area (Å²) in [5, 5.41) is 0. The minimum atomic E-state index is -0.447. The van der Waals surface area contributed by atoms with Crippen LogP contribution < -0.4 is 0 Å². The van der Waals surface area contributed by atoms with Gasteiger partial charge in [-0.15, -0.1) is 0 Å². The Kier molecular flexibility index (Phi) is 18.8. The molecule has 0 spiro atoms. The van der Waals surface area contributed by atoms with Gasteiger partial charge < -0.3 is 56.2 Å². The van der Waals surface area contributed by atoms with E-state index in [4.69, 9.17) is 37.9 Å². The zero-order chi connectivity index (χ0) is 67.9. The Morgan fingerprint density at radius 2 is 0.323 bits per heavy atom. The maximum Gasteiger partial charge on any atom is 0.337 e. The lowest BCUT2D eigenvalue weighted by molar-refractivity contribution is 0.0592. The highest BCUT2D eigenvalue weighted by atomic mass is 16.5. The molecule has 12 aromatic rings.